The molecule has 0 spiro atoms. The molecule has 5 heteroatoms. The number of rotatable bonds is 7. The second-order valence-corrected chi connectivity index (χ2v) is 6.35. The van der Waals surface area contributed by atoms with Gasteiger partial charge in [-0.15, -0.1) is 0 Å². The molecule has 1 N–H and O–H groups in total. The lowest BCUT2D eigenvalue weighted by molar-refractivity contribution is -0.128. The zero-order chi connectivity index (χ0) is 18.4. The van der Waals surface area contributed by atoms with Crippen LogP contribution in [0, 0.1) is 6.92 Å². The summed E-state index contributed by atoms with van der Waals surface area (Å²) in [5, 5.41) is 4.41. The lowest BCUT2D eigenvalue weighted by Crippen LogP contribution is -2.28. The molecule has 0 bridgehead atoms. The van der Waals surface area contributed by atoms with E-state index in [1.54, 1.807) is 10.7 Å². The molecule has 5 nitrogen and oxygen atoms in total. The molecule has 2 aromatic carbocycles. The highest BCUT2D eigenvalue weighted by molar-refractivity contribution is 5.75. The number of hydrogen-bond acceptors (Lipinski definition) is 3. The maximum atomic E-state index is 12.1. The molecule has 0 saturated heterocycles. The van der Waals surface area contributed by atoms with E-state index in [2.05, 4.69) is 29.6 Å². The van der Waals surface area contributed by atoms with Gasteiger partial charge in [-0.25, -0.2) is 0 Å². The van der Waals surface area contributed by atoms with Crippen LogP contribution in [0.15, 0.2) is 66.7 Å². The van der Waals surface area contributed by atoms with Crippen LogP contribution in [-0.4, -0.2) is 15.7 Å². The third-order valence-corrected chi connectivity index (χ3v) is 4.24. The van der Waals surface area contributed by atoms with Crippen molar-refractivity contribution in [3.8, 4) is 11.6 Å². The summed E-state index contributed by atoms with van der Waals surface area (Å²) in [5.74, 6) is 0.656. The largest absolute Gasteiger partial charge is 0.359 e. The fraction of sp³-hybridized carbons (Fsp3) is 0.238. The third-order valence-electron chi connectivity index (χ3n) is 4.24. The lowest BCUT2D eigenvalue weighted by Gasteiger charge is -2.12. The first-order valence-corrected chi connectivity index (χ1v) is 8.76. The molecule has 0 aliphatic carbocycles. The third kappa shape index (κ3) is 4.51. The van der Waals surface area contributed by atoms with Crippen molar-refractivity contribution in [3.63, 3.8) is 0 Å². The number of carbonyl (C=O) groups is 1. The molecule has 0 saturated carbocycles. The SMILES string of the molecule is Cc1cc(ONC(=O)CCC(C)c2ccccc2)n(-c2ccccc2)n1. The van der Waals surface area contributed by atoms with Crippen molar-refractivity contribution in [2.45, 2.75) is 32.6 Å². The molecular formula is C21H23N3O2. The van der Waals surface area contributed by atoms with Crippen LogP contribution >= 0.6 is 0 Å². The summed E-state index contributed by atoms with van der Waals surface area (Å²) in [7, 11) is 0. The minimum Gasteiger partial charge on any atom is -0.359 e. The van der Waals surface area contributed by atoms with Gasteiger partial charge in [0.05, 0.1) is 11.4 Å². The van der Waals surface area contributed by atoms with Gasteiger partial charge in [-0.3, -0.25) is 4.79 Å². The van der Waals surface area contributed by atoms with E-state index in [0.29, 0.717) is 18.2 Å². The molecular weight excluding hydrogens is 326 g/mol. The Kier molecular flexibility index (Phi) is 5.69. The van der Waals surface area contributed by atoms with Gasteiger partial charge in [-0.2, -0.15) is 15.3 Å². The second-order valence-electron chi connectivity index (χ2n) is 6.35. The van der Waals surface area contributed by atoms with E-state index in [1.165, 1.54) is 5.56 Å². The number of aryl methyl sites for hydroxylation is 1. The van der Waals surface area contributed by atoms with Crippen LogP contribution in [-0.2, 0) is 4.79 Å². The number of carbonyl (C=O) groups excluding carboxylic acids is 1. The van der Waals surface area contributed by atoms with Gasteiger partial charge in [0.2, 0.25) is 5.88 Å². The van der Waals surface area contributed by atoms with Crippen LogP contribution in [0.4, 0.5) is 0 Å². The summed E-state index contributed by atoms with van der Waals surface area (Å²) in [4.78, 5) is 17.7. The molecule has 1 heterocycles. The molecule has 0 fully saturated rings. The monoisotopic (exact) mass is 349 g/mol. The van der Waals surface area contributed by atoms with E-state index in [0.717, 1.165) is 17.8 Å². The molecule has 1 atom stereocenters. The van der Waals surface area contributed by atoms with E-state index in [4.69, 9.17) is 4.84 Å². The molecule has 1 unspecified atom stereocenters. The fourth-order valence-corrected chi connectivity index (χ4v) is 2.76. The number of hydrogen-bond donors (Lipinski definition) is 1. The van der Waals surface area contributed by atoms with Gasteiger partial charge in [-0.1, -0.05) is 55.5 Å². The highest BCUT2D eigenvalue weighted by atomic mass is 16.7. The minimum absolute atomic E-state index is 0.147. The van der Waals surface area contributed by atoms with Crippen molar-refractivity contribution in [1.82, 2.24) is 15.3 Å². The molecule has 3 rings (SSSR count). The summed E-state index contributed by atoms with van der Waals surface area (Å²) in [6.45, 7) is 4.01. The normalized spacial score (nSPS) is 11.8. The maximum Gasteiger partial charge on any atom is 0.252 e. The highest BCUT2D eigenvalue weighted by Gasteiger charge is 2.12. The number of aromatic nitrogens is 2. The van der Waals surface area contributed by atoms with Crippen LogP contribution in [0.1, 0.15) is 36.9 Å². The zero-order valence-electron chi connectivity index (χ0n) is 15.1. The highest BCUT2D eigenvalue weighted by Crippen LogP contribution is 2.21. The Balaban J connectivity index is 1.55. The van der Waals surface area contributed by atoms with E-state index < -0.39 is 0 Å². The summed E-state index contributed by atoms with van der Waals surface area (Å²) in [6.07, 6.45) is 1.16. The Hall–Kier alpha value is -3.08. The Morgan fingerprint density at radius 1 is 1.12 bits per heavy atom. The molecule has 134 valence electrons. The predicted octanol–water partition coefficient (Wildman–Crippen LogP) is 4.17. The van der Waals surface area contributed by atoms with Crippen LogP contribution in [0.25, 0.3) is 5.69 Å². The number of para-hydroxylation sites is 1. The van der Waals surface area contributed by atoms with E-state index in [-0.39, 0.29) is 5.91 Å². The Labute approximate surface area is 153 Å². The molecule has 1 amide bonds. The Morgan fingerprint density at radius 2 is 1.77 bits per heavy atom. The molecule has 0 aliphatic rings. The fourth-order valence-electron chi connectivity index (χ4n) is 2.76. The van der Waals surface area contributed by atoms with Crippen molar-refractivity contribution in [3.05, 3.63) is 78.0 Å². The standard InChI is InChI=1S/C21H23N3O2/c1-16(18-9-5-3-6-10-18)13-14-20(25)23-26-21-15-17(2)22-24(21)19-11-7-4-8-12-19/h3-12,15-16H,13-14H2,1-2H3,(H,23,25). The first-order chi connectivity index (χ1) is 12.6. The van der Waals surface area contributed by atoms with Crippen molar-refractivity contribution >= 4 is 5.91 Å². The first-order valence-electron chi connectivity index (χ1n) is 8.76. The number of hydroxylamine groups is 1. The first kappa shape index (κ1) is 17.7. The molecule has 3 aromatic rings. The van der Waals surface area contributed by atoms with E-state index in [1.807, 2.05) is 55.5 Å². The molecule has 1 aromatic heterocycles. The number of benzene rings is 2. The maximum absolute atomic E-state index is 12.1. The molecule has 26 heavy (non-hydrogen) atoms. The minimum atomic E-state index is -0.147. The summed E-state index contributed by atoms with van der Waals surface area (Å²) < 4.78 is 1.67. The van der Waals surface area contributed by atoms with Crippen LogP contribution < -0.4 is 10.3 Å². The zero-order valence-corrected chi connectivity index (χ0v) is 15.1. The average Bonchev–Trinajstić information content (AvgIpc) is 3.06. The van der Waals surface area contributed by atoms with Crippen LogP contribution in [0.5, 0.6) is 5.88 Å². The second kappa shape index (κ2) is 8.34. The van der Waals surface area contributed by atoms with Crippen molar-refractivity contribution in [1.29, 1.82) is 0 Å². The smallest absolute Gasteiger partial charge is 0.252 e. The van der Waals surface area contributed by atoms with Crippen LogP contribution in [0.3, 0.4) is 0 Å². The Morgan fingerprint density at radius 3 is 2.46 bits per heavy atom. The predicted molar refractivity (Wildman–Crippen MR) is 101 cm³/mol. The van der Waals surface area contributed by atoms with Crippen molar-refractivity contribution < 1.29 is 9.63 Å². The molecule has 0 aliphatic heterocycles. The lowest BCUT2D eigenvalue weighted by atomic mass is 9.96. The van der Waals surface area contributed by atoms with Crippen molar-refractivity contribution in [2.75, 3.05) is 0 Å². The quantitative estimate of drug-likeness (QED) is 0.651. The number of amides is 1. The average molecular weight is 349 g/mol. The van der Waals surface area contributed by atoms with E-state index in [9.17, 15) is 4.79 Å². The van der Waals surface area contributed by atoms with Gasteiger partial charge >= 0.3 is 0 Å². The van der Waals surface area contributed by atoms with Gasteiger partial charge in [0.25, 0.3) is 5.91 Å². The van der Waals surface area contributed by atoms with E-state index >= 15 is 0 Å². The Bertz CT molecular complexity index is 844. The summed E-state index contributed by atoms with van der Waals surface area (Å²) in [6, 6.07) is 21.7. The number of nitrogens with zero attached hydrogens (tertiary/aromatic N) is 2. The van der Waals surface area contributed by atoms with Gasteiger partial charge in [-0.05, 0) is 37.0 Å². The van der Waals surface area contributed by atoms with Gasteiger partial charge < -0.3 is 4.84 Å². The topological polar surface area (TPSA) is 56.1 Å². The van der Waals surface area contributed by atoms with Gasteiger partial charge in [0.15, 0.2) is 0 Å². The van der Waals surface area contributed by atoms with Crippen molar-refractivity contribution in [2.24, 2.45) is 0 Å². The number of nitrogens with one attached hydrogen (secondary N) is 1. The summed E-state index contributed by atoms with van der Waals surface area (Å²) >= 11 is 0. The van der Waals surface area contributed by atoms with Crippen LogP contribution in [0.2, 0.25) is 0 Å². The molecule has 0 radical (unpaired) electrons. The summed E-state index contributed by atoms with van der Waals surface area (Å²) in [5.41, 5.74) is 5.46. The van der Waals surface area contributed by atoms with Gasteiger partial charge in [0, 0.05) is 12.5 Å². The van der Waals surface area contributed by atoms with Gasteiger partial charge in [0.1, 0.15) is 0 Å².